The van der Waals surface area contributed by atoms with Crippen LogP contribution in [0.5, 0.6) is 0 Å². The Bertz CT molecular complexity index is 539. The van der Waals surface area contributed by atoms with Gasteiger partial charge in [-0.2, -0.15) is 0 Å². The highest BCUT2D eigenvalue weighted by atomic mass is 32.7. The maximum atomic E-state index is 10.1. The molecule has 0 fully saturated rings. The van der Waals surface area contributed by atoms with E-state index in [1.165, 1.54) is 0 Å². The molecule has 0 rings (SSSR count). The van der Waals surface area contributed by atoms with Gasteiger partial charge in [-0.15, -0.1) is 11.8 Å². The van der Waals surface area contributed by atoms with E-state index in [9.17, 15) is 23.8 Å². The summed E-state index contributed by atoms with van der Waals surface area (Å²) in [6, 6.07) is 0. The third kappa shape index (κ3) is 63.4. The van der Waals surface area contributed by atoms with E-state index in [4.69, 9.17) is 19.6 Å². The van der Waals surface area contributed by atoms with Crippen molar-refractivity contribution in [1.29, 1.82) is 0 Å². The zero-order valence-electron chi connectivity index (χ0n) is 18.8. The smallest absolute Gasteiger partial charge is 0.469 e. The molecule has 13 nitrogen and oxygen atoms in total. The van der Waals surface area contributed by atoms with Gasteiger partial charge in [0.05, 0.1) is 24.4 Å². The lowest BCUT2D eigenvalue weighted by Gasteiger charge is -2.35. The van der Waals surface area contributed by atoms with Crippen LogP contribution in [0.2, 0.25) is 0 Å². The van der Waals surface area contributed by atoms with Gasteiger partial charge < -0.3 is 64.6 Å². The topological polar surface area (TPSA) is 221 Å². The lowest BCUT2D eigenvalue weighted by Crippen LogP contribution is -2.18. The van der Waals surface area contributed by atoms with Gasteiger partial charge in [-0.1, -0.05) is 6.72 Å². The fourth-order valence-electron chi connectivity index (χ4n) is 1.07. The first kappa shape index (κ1) is 40.8. The number of hydrogen-bond donors (Lipinski definition) is 4. The van der Waals surface area contributed by atoms with Crippen molar-refractivity contribution in [3.8, 4) is 0 Å². The van der Waals surface area contributed by atoms with Crippen LogP contribution in [0.3, 0.4) is 0 Å². The monoisotopic (exact) mass is 604 g/mol. The van der Waals surface area contributed by atoms with Gasteiger partial charge in [0, 0.05) is 6.80 Å². The maximum Gasteiger partial charge on any atom is 0.469 e. The molecule has 1 atom stereocenters. The Labute approximate surface area is 204 Å². The Balaban J connectivity index is -0.000000163. The van der Waals surface area contributed by atoms with E-state index in [0.29, 0.717) is 0 Å². The van der Waals surface area contributed by atoms with E-state index in [-0.39, 0.29) is 18.3 Å². The largest absolute Gasteiger partial charge is 0.812 e. The summed E-state index contributed by atoms with van der Waals surface area (Å²) in [4.78, 5) is 63.2. The molecule has 0 bridgehead atoms. The molecule has 0 spiro atoms. The van der Waals surface area contributed by atoms with Gasteiger partial charge in [-0.05, 0) is 67.2 Å². The van der Waals surface area contributed by atoms with E-state index >= 15 is 0 Å². The molecule has 200 valence electrons. The molecule has 0 saturated carbocycles. The zero-order chi connectivity index (χ0) is 27.1. The minimum absolute atomic E-state index is 0.212. The molecule has 0 heterocycles. The molecule has 0 aromatic rings. The predicted octanol–water partition coefficient (Wildman–Crippen LogP) is 0.908. The highest BCUT2D eigenvalue weighted by Crippen LogP contribution is 2.38. The summed E-state index contributed by atoms with van der Waals surface area (Å²) >= 11 is 12.0. The minimum Gasteiger partial charge on any atom is -0.812 e. The van der Waals surface area contributed by atoms with E-state index in [1.807, 2.05) is 0 Å². The lowest BCUT2D eigenvalue weighted by atomic mass is 10.5. The van der Waals surface area contributed by atoms with Crippen molar-refractivity contribution in [3.63, 3.8) is 0 Å². The Kier molecular flexibility index (Phi) is 24.1. The summed E-state index contributed by atoms with van der Waals surface area (Å²) in [5, 5.41) is 0. The van der Waals surface area contributed by atoms with Gasteiger partial charge in [0.25, 0.3) is 0 Å². The fourth-order valence-corrected chi connectivity index (χ4v) is 4.75. The third-order valence-electron chi connectivity index (χ3n) is 1.38. The van der Waals surface area contributed by atoms with Gasteiger partial charge in [0.2, 0.25) is 0 Å². The highest BCUT2D eigenvalue weighted by Gasteiger charge is 2.14. The van der Waals surface area contributed by atoms with E-state index in [0.717, 1.165) is 0 Å². The molecule has 0 amide bonds. The molecule has 0 radical (unpaired) electrons. The second-order valence-electron chi connectivity index (χ2n) is 6.49. The van der Waals surface area contributed by atoms with Crippen LogP contribution in [0.4, 0.5) is 0 Å². The van der Waals surface area contributed by atoms with Crippen molar-refractivity contribution in [2.45, 2.75) is 79.8 Å². The zero-order valence-corrected chi connectivity index (χ0v) is 24.8. The molecule has 32 heavy (non-hydrogen) atoms. The van der Waals surface area contributed by atoms with Crippen LogP contribution in [0.15, 0.2) is 0 Å². The quantitative estimate of drug-likeness (QED) is 0.223. The van der Waals surface area contributed by atoms with Gasteiger partial charge in [0.15, 0.2) is 0 Å². The minimum atomic E-state index is -4.22. The third-order valence-corrected chi connectivity index (χ3v) is 4.90. The first-order valence-corrected chi connectivity index (χ1v) is 17.8. The summed E-state index contributed by atoms with van der Waals surface area (Å²) in [7, 11) is -4.22. The van der Waals surface area contributed by atoms with Crippen LogP contribution in [0.1, 0.15) is 55.4 Å². The number of rotatable bonds is 8. The lowest BCUT2D eigenvalue weighted by molar-refractivity contribution is -0.323. The fraction of sp³-hybridized carbons (Fsp3) is 1.00. The van der Waals surface area contributed by atoms with Crippen LogP contribution in [-0.4, -0.2) is 44.0 Å². The van der Waals surface area contributed by atoms with Crippen molar-refractivity contribution in [1.82, 2.24) is 0 Å². The molecule has 0 aromatic carbocycles. The van der Waals surface area contributed by atoms with E-state index in [2.05, 4.69) is 54.0 Å². The first-order valence-electron chi connectivity index (χ1n) is 8.55. The second kappa shape index (κ2) is 18.9. The number of phosphoric acid groups is 1. The summed E-state index contributed by atoms with van der Waals surface area (Å²) in [6.07, 6.45) is -1.31. The Morgan fingerprint density at radius 1 is 0.656 bits per heavy atom. The average molecular weight is 604 g/mol. The molecule has 0 aliphatic carbocycles. The average Bonchev–Trinajstić information content (AvgIpc) is 2.26. The number of hydrogen-bond acceptors (Lipinski definition) is 12. The van der Waals surface area contributed by atoms with Gasteiger partial charge >= 0.3 is 14.5 Å². The summed E-state index contributed by atoms with van der Waals surface area (Å²) in [5.41, 5.74) is 0. The van der Waals surface area contributed by atoms with Crippen LogP contribution in [-0.2, 0) is 63.1 Å². The van der Waals surface area contributed by atoms with Crippen LogP contribution < -0.4 is 14.7 Å². The molecule has 0 aliphatic rings. The molecular formula is C12H32O13P4S3-4. The Morgan fingerprint density at radius 2 is 0.938 bits per heavy atom. The van der Waals surface area contributed by atoms with Crippen LogP contribution in [0, 0.1) is 0 Å². The van der Waals surface area contributed by atoms with E-state index < -0.39 is 34.2 Å². The van der Waals surface area contributed by atoms with Crippen LogP contribution >= 0.6 is 28.1 Å². The van der Waals surface area contributed by atoms with Gasteiger partial charge in [0.1, 0.15) is 0 Å². The SMILES string of the molecule is CC(C)OP(=O)(O)O.CC(C)OP(=O)([O-])[S-].CC(C)OP(O)(O)=S.CC(C)OP([O-])([O-])=S. The van der Waals surface area contributed by atoms with Crippen molar-refractivity contribution in [2.75, 3.05) is 0 Å². The first-order chi connectivity index (χ1) is 13.7. The Hall–Kier alpha value is 1.67. The Morgan fingerprint density at radius 3 is 0.938 bits per heavy atom. The molecule has 0 aromatic heterocycles. The maximum absolute atomic E-state index is 10.1. The predicted molar refractivity (Wildman–Crippen MR) is 125 cm³/mol. The number of phosphoric ester groups is 1. The summed E-state index contributed by atoms with van der Waals surface area (Å²) in [5.74, 6) is 0. The standard InChI is InChI=1S/C3H9O4P.3C3H9O3PS/c1-3(2)7-8(4,5)6;3*1-3(2)6-7(4,5)8/h3H,1-2H3,(H2,4,5,6);3*3H,1-2H3,(H2,4,5,8)/p-4. The van der Waals surface area contributed by atoms with Crippen molar-refractivity contribution in [2.24, 2.45) is 0 Å². The van der Waals surface area contributed by atoms with Crippen molar-refractivity contribution in [3.05, 3.63) is 0 Å². The molecule has 4 N–H and O–H groups in total. The van der Waals surface area contributed by atoms with Gasteiger partial charge in [-0.25, -0.2) is 4.57 Å². The highest BCUT2D eigenvalue weighted by molar-refractivity contribution is 8.31. The molecule has 1 unspecified atom stereocenters. The summed E-state index contributed by atoms with van der Waals surface area (Å²) < 4.78 is 37.1. The normalized spacial score (nSPS) is 14.1. The van der Waals surface area contributed by atoms with E-state index in [1.54, 1.807) is 55.4 Å². The van der Waals surface area contributed by atoms with Crippen LogP contribution in [0.25, 0.3) is 0 Å². The van der Waals surface area contributed by atoms with Crippen molar-refractivity contribution < 1.29 is 61.5 Å². The molecule has 0 saturated heterocycles. The van der Waals surface area contributed by atoms with Crippen molar-refractivity contribution >= 4 is 63.9 Å². The summed E-state index contributed by atoms with van der Waals surface area (Å²) in [6.45, 7) is 1.75. The molecule has 0 aliphatic heterocycles. The second-order valence-corrected chi connectivity index (χ2v) is 15.2. The molecule has 20 heteroatoms. The van der Waals surface area contributed by atoms with Gasteiger partial charge in [-0.3, -0.25) is 4.52 Å². The molecular weight excluding hydrogens is 572 g/mol.